The molecule has 0 aliphatic heterocycles. The number of aliphatic hydroxyl groups is 1. The fraction of sp³-hybridized carbons (Fsp3) is 0.391. The number of benzene rings is 1. The molecular formula is C23H26N4O2. The molecule has 1 aliphatic carbocycles. The maximum absolute atomic E-state index is 10.3. The third kappa shape index (κ3) is 3.49. The summed E-state index contributed by atoms with van der Waals surface area (Å²) in [5.41, 5.74) is 3.12. The molecule has 29 heavy (non-hydrogen) atoms. The van der Waals surface area contributed by atoms with E-state index in [1.807, 2.05) is 54.9 Å². The van der Waals surface area contributed by atoms with E-state index in [4.69, 9.17) is 9.52 Å². The molecule has 4 aromatic rings. The maximum atomic E-state index is 10.3. The van der Waals surface area contributed by atoms with Crippen LogP contribution < -0.4 is 5.32 Å². The minimum Gasteiger partial charge on any atom is -0.464 e. The summed E-state index contributed by atoms with van der Waals surface area (Å²) in [5, 5.41) is 19.7. The van der Waals surface area contributed by atoms with Crippen molar-refractivity contribution >= 4 is 22.4 Å². The summed E-state index contributed by atoms with van der Waals surface area (Å²) in [6.07, 6.45) is 7.72. The van der Waals surface area contributed by atoms with E-state index < -0.39 is 5.60 Å². The fourth-order valence-electron chi connectivity index (χ4n) is 4.43. The highest BCUT2D eigenvalue weighted by molar-refractivity contribution is 5.83. The standard InChI is InChI=1S/C23H26N4O2/c1-23(2,28)17-4-6-18(7-5-17)25-21-9-10-22-24-14-19(27(22)26-21)15-3-8-20-16(13-15)11-12-29-20/h3,8-14,17-18,28H,4-7H2,1-2H3,(H,25,26). The summed E-state index contributed by atoms with van der Waals surface area (Å²) in [5.74, 6) is 1.22. The van der Waals surface area contributed by atoms with E-state index in [9.17, 15) is 5.11 Å². The molecule has 0 bridgehead atoms. The van der Waals surface area contributed by atoms with E-state index in [0.29, 0.717) is 12.0 Å². The summed E-state index contributed by atoms with van der Waals surface area (Å²) < 4.78 is 7.34. The third-order valence-corrected chi connectivity index (χ3v) is 6.19. The van der Waals surface area contributed by atoms with Crippen LogP contribution in [0.25, 0.3) is 27.9 Å². The highest BCUT2D eigenvalue weighted by atomic mass is 16.3. The van der Waals surface area contributed by atoms with E-state index in [1.165, 1.54) is 0 Å². The highest BCUT2D eigenvalue weighted by Crippen LogP contribution is 2.33. The van der Waals surface area contributed by atoms with E-state index in [2.05, 4.69) is 16.4 Å². The Morgan fingerprint density at radius 2 is 1.93 bits per heavy atom. The largest absolute Gasteiger partial charge is 0.464 e. The first-order valence-corrected chi connectivity index (χ1v) is 10.3. The van der Waals surface area contributed by atoms with Crippen molar-refractivity contribution in [3.8, 4) is 11.3 Å². The number of hydrogen-bond acceptors (Lipinski definition) is 5. The molecular weight excluding hydrogens is 364 g/mol. The lowest BCUT2D eigenvalue weighted by Crippen LogP contribution is -2.37. The number of furan rings is 1. The zero-order valence-corrected chi connectivity index (χ0v) is 16.8. The summed E-state index contributed by atoms with van der Waals surface area (Å²) in [4.78, 5) is 4.51. The number of hydrogen-bond donors (Lipinski definition) is 2. The van der Waals surface area contributed by atoms with Gasteiger partial charge < -0.3 is 14.8 Å². The molecule has 0 radical (unpaired) electrons. The molecule has 1 aliphatic rings. The Labute approximate surface area is 169 Å². The quantitative estimate of drug-likeness (QED) is 0.519. The summed E-state index contributed by atoms with van der Waals surface area (Å²) >= 11 is 0. The van der Waals surface area contributed by atoms with Crippen LogP contribution in [0, 0.1) is 5.92 Å². The van der Waals surface area contributed by atoms with E-state index in [0.717, 1.165) is 59.4 Å². The molecule has 3 aromatic heterocycles. The Kier molecular flexibility index (Phi) is 4.32. The van der Waals surface area contributed by atoms with Crippen LogP contribution in [0.4, 0.5) is 5.82 Å². The van der Waals surface area contributed by atoms with Gasteiger partial charge in [0.1, 0.15) is 11.4 Å². The van der Waals surface area contributed by atoms with Crippen molar-refractivity contribution < 1.29 is 9.52 Å². The van der Waals surface area contributed by atoms with Crippen molar-refractivity contribution in [1.82, 2.24) is 14.6 Å². The first kappa shape index (κ1) is 18.2. The molecule has 1 aromatic carbocycles. The number of imidazole rings is 1. The molecule has 0 spiro atoms. The van der Waals surface area contributed by atoms with Gasteiger partial charge in [-0.15, -0.1) is 5.10 Å². The zero-order valence-electron chi connectivity index (χ0n) is 16.8. The summed E-state index contributed by atoms with van der Waals surface area (Å²) in [6, 6.07) is 12.5. The normalized spacial score (nSPS) is 20.4. The van der Waals surface area contributed by atoms with Gasteiger partial charge in [0.2, 0.25) is 0 Å². The third-order valence-electron chi connectivity index (χ3n) is 6.19. The summed E-state index contributed by atoms with van der Waals surface area (Å²) in [6.45, 7) is 3.84. The SMILES string of the molecule is CC(C)(O)C1CCC(Nc2ccc3ncc(-c4ccc5occc5c4)n3n2)CC1. The number of fused-ring (bicyclic) bond motifs is 2. The molecule has 0 amide bonds. The van der Waals surface area contributed by atoms with Crippen molar-refractivity contribution in [2.75, 3.05) is 5.32 Å². The average Bonchev–Trinajstić information content (AvgIpc) is 3.33. The van der Waals surface area contributed by atoms with Crippen LogP contribution in [0.2, 0.25) is 0 Å². The summed E-state index contributed by atoms with van der Waals surface area (Å²) in [7, 11) is 0. The second kappa shape index (κ2) is 6.88. The maximum Gasteiger partial charge on any atom is 0.154 e. The number of nitrogens with one attached hydrogen (secondary N) is 1. The van der Waals surface area contributed by atoms with Gasteiger partial charge in [-0.3, -0.25) is 0 Å². The van der Waals surface area contributed by atoms with Gasteiger partial charge in [-0.25, -0.2) is 9.50 Å². The number of aromatic nitrogens is 3. The van der Waals surface area contributed by atoms with E-state index >= 15 is 0 Å². The predicted octanol–water partition coefficient (Wildman–Crippen LogP) is 4.88. The van der Waals surface area contributed by atoms with Gasteiger partial charge >= 0.3 is 0 Å². The lowest BCUT2D eigenvalue weighted by atomic mass is 9.77. The molecule has 5 rings (SSSR count). The topological polar surface area (TPSA) is 75.6 Å². The molecule has 0 unspecified atom stereocenters. The van der Waals surface area contributed by atoms with Crippen LogP contribution in [0.1, 0.15) is 39.5 Å². The Morgan fingerprint density at radius 3 is 2.72 bits per heavy atom. The van der Waals surface area contributed by atoms with Crippen LogP contribution in [0.3, 0.4) is 0 Å². The average molecular weight is 390 g/mol. The lowest BCUT2D eigenvalue weighted by Gasteiger charge is -2.36. The molecule has 1 saturated carbocycles. The van der Waals surface area contributed by atoms with Crippen LogP contribution in [0.5, 0.6) is 0 Å². The first-order chi connectivity index (χ1) is 14.0. The van der Waals surface area contributed by atoms with Gasteiger partial charge in [0.15, 0.2) is 5.65 Å². The number of rotatable bonds is 4. The highest BCUT2D eigenvalue weighted by Gasteiger charge is 2.31. The minimum atomic E-state index is -0.593. The smallest absolute Gasteiger partial charge is 0.154 e. The van der Waals surface area contributed by atoms with Crippen molar-refractivity contribution in [2.24, 2.45) is 5.92 Å². The lowest BCUT2D eigenvalue weighted by molar-refractivity contribution is -0.000405. The van der Waals surface area contributed by atoms with Crippen molar-refractivity contribution in [1.29, 1.82) is 0 Å². The molecule has 150 valence electrons. The second-order valence-corrected chi connectivity index (χ2v) is 8.65. The Bertz CT molecular complexity index is 1150. The van der Waals surface area contributed by atoms with Crippen LogP contribution in [-0.4, -0.2) is 31.3 Å². The molecule has 3 heterocycles. The monoisotopic (exact) mass is 390 g/mol. The number of nitrogens with zero attached hydrogens (tertiary/aromatic N) is 3. The molecule has 0 atom stereocenters. The number of anilines is 1. The molecule has 0 saturated heterocycles. The van der Waals surface area contributed by atoms with Crippen molar-refractivity contribution in [2.45, 2.75) is 51.2 Å². The zero-order chi connectivity index (χ0) is 20.0. The molecule has 2 N–H and O–H groups in total. The van der Waals surface area contributed by atoms with Gasteiger partial charge in [0.25, 0.3) is 0 Å². The van der Waals surface area contributed by atoms with Crippen molar-refractivity contribution in [3.63, 3.8) is 0 Å². The fourth-order valence-corrected chi connectivity index (χ4v) is 4.43. The van der Waals surface area contributed by atoms with E-state index in [-0.39, 0.29) is 0 Å². The Balaban J connectivity index is 1.38. The van der Waals surface area contributed by atoms with Gasteiger partial charge in [-0.2, -0.15) is 0 Å². The van der Waals surface area contributed by atoms with Gasteiger partial charge in [0.05, 0.1) is 23.8 Å². The van der Waals surface area contributed by atoms with Crippen LogP contribution in [-0.2, 0) is 0 Å². The second-order valence-electron chi connectivity index (χ2n) is 8.65. The van der Waals surface area contributed by atoms with Gasteiger partial charge in [-0.1, -0.05) is 0 Å². The van der Waals surface area contributed by atoms with Gasteiger partial charge in [0, 0.05) is 17.0 Å². The van der Waals surface area contributed by atoms with Gasteiger partial charge in [-0.05, 0) is 81.8 Å². The molecule has 1 fully saturated rings. The van der Waals surface area contributed by atoms with Crippen LogP contribution >= 0.6 is 0 Å². The Morgan fingerprint density at radius 1 is 1.10 bits per heavy atom. The van der Waals surface area contributed by atoms with Crippen LogP contribution in [0.15, 0.2) is 53.3 Å². The minimum absolute atomic E-state index is 0.370. The van der Waals surface area contributed by atoms with E-state index in [1.54, 1.807) is 6.26 Å². The first-order valence-electron chi connectivity index (χ1n) is 10.3. The predicted molar refractivity (Wildman–Crippen MR) is 114 cm³/mol. The Hall–Kier alpha value is -2.86. The molecule has 6 nitrogen and oxygen atoms in total. The van der Waals surface area contributed by atoms with Crippen molar-refractivity contribution in [3.05, 3.63) is 48.9 Å². The molecule has 6 heteroatoms.